The van der Waals surface area contributed by atoms with Gasteiger partial charge < -0.3 is 15.8 Å². The average Bonchev–Trinajstić information content (AvgIpc) is 2.51. The van der Waals surface area contributed by atoms with E-state index in [0.717, 1.165) is 0 Å². The minimum absolute atomic E-state index is 0. The van der Waals surface area contributed by atoms with Crippen molar-refractivity contribution in [2.24, 2.45) is 0 Å². The van der Waals surface area contributed by atoms with Gasteiger partial charge in [-0.05, 0) is 12.1 Å². The summed E-state index contributed by atoms with van der Waals surface area (Å²) in [5.74, 6) is -0.997. The van der Waals surface area contributed by atoms with Crippen LogP contribution in [0, 0.1) is 0 Å². The Labute approximate surface area is 97.5 Å². The highest BCUT2D eigenvalue weighted by Gasteiger charge is 2.08. The van der Waals surface area contributed by atoms with E-state index >= 15 is 0 Å². The molecule has 4 N–H and O–H groups in total. The zero-order valence-corrected chi connectivity index (χ0v) is 9.06. The summed E-state index contributed by atoms with van der Waals surface area (Å²) in [6.07, 6.45) is 1.48. The third-order valence-corrected chi connectivity index (χ3v) is 1.80. The number of imidazole rings is 1. The number of aromatic nitrogens is 2. The second-order valence-corrected chi connectivity index (χ2v) is 2.67. The van der Waals surface area contributed by atoms with Crippen LogP contribution < -0.4 is 5.73 Å². The molecule has 82 valence electrons. The Kier molecular flexibility index (Phi) is 4.39. The van der Waals surface area contributed by atoms with Crippen LogP contribution >= 0.6 is 24.8 Å². The minimum atomic E-state index is -0.997. The van der Waals surface area contributed by atoms with Gasteiger partial charge in [-0.3, -0.25) is 0 Å². The Morgan fingerprint density at radius 3 is 2.67 bits per heavy atom. The van der Waals surface area contributed by atoms with Gasteiger partial charge in [0.25, 0.3) is 0 Å². The van der Waals surface area contributed by atoms with E-state index in [1.807, 2.05) is 0 Å². The lowest BCUT2D eigenvalue weighted by Gasteiger charge is -1.97. The zero-order valence-electron chi connectivity index (χ0n) is 7.43. The monoisotopic (exact) mass is 249 g/mol. The molecular formula is C8H9Cl2N3O2. The van der Waals surface area contributed by atoms with E-state index in [0.29, 0.717) is 16.7 Å². The Morgan fingerprint density at radius 2 is 2.07 bits per heavy atom. The number of nitrogens with one attached hydrogen (secondary N) is 1. The fraction of sp³-hybridized carbons (Fsp3) is 0. The third kappa shape index (κ3) is 2.31. The lowest BCUT2D eigenvalue weighted by Crippen LogP contribution is -1.98. The lowest BCUT2D eigenvalue weighted by molar-refractivity contribution is 0.0697. The number of hydrogen-bond donors (Lipinski definition) is 3. The molecule has 2 aromatic rings. The number of benzene rings is 1. The number of fused-ring (bicyclic) bond motifs is 1. The van der Waals surface area contributed by atoms with Crippen molar-refractivity contribution < 1.29 is 9.90 Å². The van der Waals surface area contributed by atoms with Crippen LogP contribution in [0.25, 0.3) is 11.0 Å². The van der Waals surface area contributed by atoms with E-state index in [-0.39, 0.29) is 30.4 Å². The Morgan fingerprint density at radius 1 is 1.40 bits per heavy atom. The van der Waals surface area contributed by atoms with E-state index in [1.54, 1.807) is 0 Å². The number of carbonyl (C=O) groups is 1. The molecule has 0 aliphatic carbocycles. The maximum absolute atomic E-state index is 10.6. The van der Waals surface area contributed by atoms with Crippen LogP contribution in [0.2, 0.25) is 0 Å². The first-order chi connectivity index (χ1) is 6.18. The van der Waals surface area contributed by atoms with E-state index in [1.165, 1.54) is 18.5 Å². The number of hydrogen-bond acceptors (Lipinski definition) is 3. The SMILES string of the molecule is Cl.Cl.Nc1cc(C(=O)O)cc2[nH]cnc12. The van der Waals surface area contributed by atoms with Gasteiger partial charge in [0.2, 0.25) is 0 Å². The van der Waals surface area contributed by atoms with Crippen molar-refractivity contribution in [3.63, 3.8) is 0 Å². The number of nitrogens with two attached hydrogens (primary N) is 1. The molecule has 0 atom stereocenters. The summed E-state index contributed by atoms with van der Waals surface area (Å²) >= 11 is 0. The van der Waals surface area contributed by atoms with Crippen LogP contribution in [0.3, 0.4) is 0 Å². The predicted molar refractivity (Wildman–Crippen MR) is 62.0 cm³/mol. The largest absolute Gasteiger partial charge is 0.478 e. The number of halogens is 2. The highest BCUT2D eigenvalue weighted by atomic mass is 35.5. The molecule has 0 fully saturated rings. The maximum atomic E-state index is 10.6. The summed E-state index contributed by atoms with van der Waals surface area (Å²) in [7, 11) is 0. The molecule has 15 heavy (non-hydrogen) atoms. The second kappa shape index (κ2) is 4.86. The van der Waals surface area contributed by atoms with Crippen LogP contribution in [0.4, 0.5) is 5.69 Å². The minimum Gasteiger partial charge on any atom is -0.478 e. The molecule has 1 heterocycles. The number of carboxylic acid groups (broad SMARTS) is 1. The first-order valence-electron chi connectivity index (χ1n) is 3.64. The van der Waals surface area contributed by atoms with Crippen molar-refractivity contribution in [1.29, 1.82) is 0 Å². The molecule has 2 rings (SSSR count). The number of nitrogen functional groups attached to an aromatic ring is 1. The van der Waals surface area contributed by atoms with Gasteiger partial charge >= 0.3 is 5.97 Å². The van der Waals surface area contributed by atoms with Crippen molar-refractivity contribution in [2.45, 2.75) is 0 Å². The van der Waals surface area contributed by atoms with Crippen LogP contribution in [-0.4, -0.2) is 21.0 Å². The van der Waals surface area contributed by atoms with Gasteiger partial charge in [-0.1, -0.05) is 0 Å². The van der Waals surface area contributed by atoms with E-state index < -0.39 is 5.97 Å². The molecule has 1 aromatic heterocycles. The lowest BCUT2D eigenvalue weighted by atomic mass is 10.2. The normalized spacial score (nSPS) is 9.07. The molecule has 0 amide bonds. The summed E-state index contributed by atoms with van der Waals surface area (Å²) in [4.78, 5) is 17.4. The van der Waals surface area contributed by atoms with E-state index in [9.17, 15) is 4.79 Å². The van der Waals surface area contributed by atoms with Crippen molar-refractivity contribution in [1.82, 2.24) is 9.97 Å². The van der Waals surface area contributed by atoms with Gasteiger partial charge in [-0.15, -0.1) is 24.8 Å². The third-order valence-electron chi connectivity index (χ3n) is 1.80. The van der Waals surface area contributed by atoms with Gasteiger partial charge in [-0.2, -0.15) is 0 Å². The van der Waals surface area contributed by atoms with Gasteiger partial charge in [0.15, 0.2) is 0 Å². The molecule has 0 spiro atoms. The number of carboxylic acids is 1. The highest BCUT2D eigenvalue weighted by Crippen LogP contribution is 2.19. The zero-order chi connectivity index (χ0) is 9.42. The van der Waals surface area contributed by atoms with E-state index in [4.69, 9.17) is 10.8 Å². The average molecular weight is 250 g/mol. The molecule has 1 aromatic carbocycles. The predicted octanol–water partition coefficient (Wildman–Crippen LogP) is 1.69. The number of rotatable bonds is 1. The molecule has 0 unspecified atom stereocenters. The van der Waals surface area contributed by atoms with Crippen LogP contribution in [0.5, 0.6) is 0 Å². The number of anilines is 1. The Hall–Kier alpha value is -1.46. The maximum Gasteiger partial charge on any atom is 0.335 e. The Bertz CT molecular complexity index is 484. The second-order valence-electron chi connectivity index (χ2n) is 2.67. The summed E-state index contributed by atoms with van der Waals surface area (Å²) in [5, 5.41) is 8.72. The molecule has 0 saturated carbocycles. The van der Waals surface area contributed by atoms with Gasteiger partial charge in [0.1, 0.15) is 5.52 Å². The fourth-order valence-electron chi connectivity index (χ4n) is 1.20. The summed E-state index contributed by atoms with van der Waals surface area (Å²) < 4.78 is 0. The van der Waals surface area contributed by atoms with Crippen molar-refractivity contribution >= 4 is 47.5 Å². The van der Waals surface area contributed by atoms with Crippen LogP contribution in [0.15, 0.2) is 18.5 Å². The topological polar surface area (TPSA) is 92.0 Å². The molecule has 7 heteroatoms. The summed E-state index contributed by atoms with van der Waals surface area (Å²) in [5.41, 5.74) is 7.36. The first kappa shape index (κ1) is 13.5. The van der Waals surface area contributed by atoms with Crippen molar-refractivity contribution in [3.8, 4) is 0 Å². The van der Waals surface area contributed by atoms with E-state index in [2.05, 4.69) is 9.97 Å². The first-order valence-corrected chi connectivity index (χ1v) is 3.64. The molecular weight excluding hydrogens is 241 g/mol. The van der Waals surface area contributed by atoms with Crippen LogP contribution in [0.1, 0.15) is 10.4 Å². The molecule has 0 saturated heterocycles. The van der Waals surface area contributed by atoms with Crippen LogP contribution in [-0.2, 0) is 0 Å². The molecule has 0 bridgehead atoms. The molecule has 0 aliphatic heterocycles. The smallest absolute Gasteiger partial charge is 0.335 e. The highest BCUT2D eigenvalue weighted by molar-refractivity contribution is 5.97. The summed E-state index contributed by atoms with van der Waals surface area (Å²) in [6, 6.07) is 2.90. The van der Waals surface area contributed by atoms with Crippen molar-refractivity contribution in [3.05, 3.63) is 24.0 Å². The fourth-order valence-corrected chi connectivity index (χ4v) is 1.20. The Balaban J connectivity index is 0.000000980. The van der Waals surface area contributed by atoms with Crippen molar-refractivity contribution in [2.75, 3.05) is 5.73 Å². The number of aromatic carboxylic acids is 1. The van der Waals surface area contributed by atoms with Gasteiger partial charge in [0, 0.05) is 0 Å². The quantitative estimate of drug-likeness (QED) is 0.671. The standard InChI is InChI=1S/C8H7N3O2.2ClH/c9-5-1-4(8(12)13)2-6-7(5)11-3-10-6;;/h1-3H,9H2,(H,10,11)(H,12,13);2*1H. The molecule has 0 aliphatic rings. The summed E-state index contributed by atoms with van der Waals surface area (Å²) in [6.45, 7) is 0. The number of aromatic amines is 1. The number of H-pyrrole nitrogens is 1. The van der Waals surface area contributed by atoms with Gasteiger partial charge in [-0.25, -0.2) is 9.78 Å². The molecule has 0 radical (unpaired) electrons. The number of nitrogens with zero attached hydrogens (tertiary/aromatic N) is 1. The van der Waals surface area contributed by atoms with Gasteiger partial charge in [0.05, 0.1) is 23.1 Å². The molecule has 5 nitrogen and oxygen atoms in total.